The summed E-state index contributed by atoms with van der Waals surface area (Å²) in [6.45, 7) is 12.4. The smallest absolute Gasteiger partial charge is 0.138 e. The van der Waals surface area contributed by atoms with Gasteiger partial charge >= 0.3 is 0 Å². The van der Waals surface area contributed by atoms with Gasteiger partial charge in [-0.05, 0) is 89.2 Å². The zero-order valence-electron chi connectivity index (χ0n) is 22.0. The lowest BCUT2D eigenvalue weighted by molar-refractivity contribution is -0.119. The third kappa shape index (κ3) is 6.16. The Morgan fingerprint density at radius 3 is 2.47 bits per heavy atom. The first-order valence-corrected chi connectivity index (χ1v) is 13.2. The predicted molar refractivity (Wildman–Crippen MR) is 136 cm³/mol. The molecule has 1 atom stereocenters. The molecule has 4 rings (SSSR count). The highest BCUT2D eigenvalue weighted by Gasteiger charge is 2.40. The zero-order chi connectivity index (χ0) is 24.6. The fourth-order valence-electron chi connectivity index (χ4n) is 5.85. The number of nitrogens with zero attached hydrogens (tertiary/aromatic N) is 3. The molecule has 34 heavy (non-hydrogen) atoms. The van der Waals surface area contributed by atoms with E-state index in [0.29, 0.717) is 31.2 Å². The fourth-order valence-corrected chi connectivity index (χ4v) is 5.85. The van der Waals surface area contributed by atoms with E-state index >= 15 is 0 Å². The minimum atomic E-state index is -0.871. The summed E-state index contributed by atoms with van der Waals surface area (Å²) in [6, 6.07) is 6.74. The molecule has 0 spiro atoms. The molecule has 1 aromatic heterocycles. The van der Waals surface area contributed by atoms with Gasteiger partial charge in [-0.3, -0.25) is 4.79 Å². The Hall–Kier alpha value is -2.01. The summed E-state index contributed by atoms with van der Waals surface area (Å²) < 4.78 is 2.37. The molecule has 0 unspecified atom stereocenters. The molecule has 2 aliphatic carbocycles. The van der Waals surface area contributed by atoms with Crippen molar-refractivity contribution in [3.63, 3.8) is 0 Å². The van der Waals surface area contributed by atoms with Crippen LogP contribution in [0, 0.1) is 25.7 Å². The van der Waals surface area contributed by atoms with Crippen LogP contribution in [0.5, 0.6) is 0 Å². The molecule has 1 N–H and O–H groups in total. The van der Waals surface area contributed by atoms with Crippen molar-refractivity contribution in [2.24, 2.45) is 11.8 Å². The van der Waals surface area contributed by atoms with Crippen LogP contribution in [0.25, 0.3) is 0 Å². The minimum Gasteiger partial charge on any atom is -0.390 e. The first-order valence-electron chi connectivity index (χ1n) is 13.2. The number of hydrogen-bond acceptors (Lipinski definition) is 4. The number of hydrogen-bond donors (Lipinski definition) is 1. The van der Waals surface area contributed by atoms with Crippen molar-refractivity contribution in [3.05, 3.63) is 46.5 Å². The number of Topliss-reactive ketones (excluding diaryl/α,β-unsaturated/α-hetero) is 1. The Balaban J connectivity index is 1.54. The summed E-state index contributed by atoms with van der Waals surface area (Å²) in [6.07, 6.45) is 7.33. The quantitative estimate of drug-likeness (QED) is 0.428. The summed E-state index contributed by atoms with van der Waals surface area (Å²) in [5, 5.41) is 20.1. The third-order valence-corrected chi connectivity index (χ3v) is 7.54. The molecule has 186 valence electrons. The number of aromatic nitrogens is 3. The van der Waals surface area contributed by atoms with Crippen LogP contribution in [0.2, 0.25) is 0 Å². The number of carbonyl (C=O) groups is 1. The number of aliphatic hydroxyl groups is 1. The highest BCUT2D eigenvalue weighted by atomic mass is 16.3. The van der Waals surface area contributed by atoms with Crippen molar-refractivity contribution in [3.8, 4) is 0 Å². The van der Waals surface area contributed by atoms with Gasteiger partial charge in [0.05, 0.1) is 5.60 Å². The van der Waals surface area contributed by atoms with Crippen LogP contribution in [0.4, 0.5) is 0 Å². The van der Waals surface area contributed by atoms with E-state index in [4.69, 9.17) is 5.10 Å². The van der Waals surface area contributed by atoms with Crippen molar-refractivity contribution in [1.29, 1.82) is 0 Å². The van der Waals surface area contributed by atoms with Gasteiger partial charge in [-0.2, -0.15) is 0 Å². The lowest BCUT2D eigenvalue weighted by Gasteiger charge is -2.36. The molecule has 2 aliphatic rings. The van der Waals surface area contributed by atoms with Crippen LogP contribution in [-0.2, 0) is 11.2 Å². The Morgan fingerprint density at radius 1 is 1.18 bits per heavy atom. The van der Waals surface area contributed by atoms with Gasteiger partial charge in [0.15, 0.2) is 0 Å². The van der Waals surface area contributed by atoms with Gasteiger partial charge in [0.1, 0.15) is 17.4 Å². The van der Waals surface area contributed by atoms with E-state index in [1.54, 1.807) is 0 Å². The Bertz CT molecular complexity index is 1010. The number of rotatable bonds is 11. The topological polar surface area (TPSA) is 68.0 Å². The van der Waals surface area contributed by atoms with Crippen molar-refractivity contribution < 1.29 is 9.90 Å². The first-order chi connectivity index (χ1) is 16.0. The zero-order valence-corrected chi connectivity index (χ0v) is 22.0. The molecule has 0 amide bonds. The molecule has 0 saturated heterocycles. The summed E-state index contributed by atoms with van der Waals surface area (Å²) in [5.74, 6) is 4.15. The van der Waals surface area contributed by atoms with E-state index in [0.717, 1.165) is 47.5 Å². The van der Waals surface area contributed by atoms with Gasteiger partial charge in [0.2, 0.25) is 0 Å². The molecule has 0 bridgehead atoms. The molecule has 2 aromatic rings. The Kier molecular flexibility index (Phi) is 7.33. The van der Waals surface area contributed by atoms with Crippen molar-refractivity contribution in [2.45, 2.75) is 116 Å². The normalized spacial score (nSPS) is 21.5. The van der Waals surface area contributed by atoms with Crippen LogP contribution >= 0.6 is 0 Å². The van der Waals surface area contributed by atoms with Gasteiger partial charge in [-0.25, -0.2) is 0 Å². The van der Waals surface area contributed by atoms with Gasteiger partial charge in [0, 0.05) is 30.7 Å². The monoisotopic (exact) mass is 465 g/mol. The molecule has 5 nitrogen and oxygen atoms in total. The number of aryl methyl sites for hydroxylation is 2. The average Bonchev–Trinajstić information content (AvgIpc) is 3.43. The Labute approximate surface area is 205 Å². The highest BCUT2D eigenvalue weighted by molar-refractivity contribution is 5.82. The first kappa shape index (κ1) is 25.1. The van der Waals surface area contributed by atoms with Crippen LogP contribution in [0.1, 0.15) is 119 Å². The van der Waals surface area contributed by atoms with Crippen molar-refractivity contribution in [1.82, 2.24) is 14.8 Å². The minimum absolute atomic E-state index is 0.119. The summed E-state index contributed by atoms with van der Waals surface area (Å²) in [5.41, 5.74) is 2.60. The van der Waals surface area contributed by atoms with Crippen molar-refractivity contribution in [2.75, 3.05) is 0 Å². The molecule has 1 aromatic carbocycles. The standard InChI is InChI=1S/C29H43N3O2/c1-18(2)11-21-13-23(14-21)27-30-31-28(32(27)25-9-10-25)24(17-29(5,6)34)16-26(33)15-22-8-7-19(3)12-20(22)4/h7-8,12,18,21,23-25,34H,9-11,13-17H2,1-6H3/t21?,23?,24-/m0/s1. The summed E-state index contributed by atoms with van der Waals surface area (Å²) in [4.78, 5) is 13.2. The number of carbonyl (C=O) groups excluding carboxylic acids is 1. The van der Waals surface area contributed by atoms with Gasteiger partial charge in [0.25, 0.3) is 0 Å². The maximum Gasteiger partial charge on any atom is 0.138 e. The van der Waals surface area contributed by atoms with Gasteiger partial charge < -0.3 is 9.67 Å². The average molecular weight is 466 g/mol. The summed E-state index contributed by atoms with van der Waals surface area (Å²) in [7, 11) is 0. The van der Waals surface area contributed by atoms with Crippen LogP contribution in [0.3, 0.4) is 0 Å². The largest absolute Gasteiger partial charge is 0.390 e. The predicted octanol–water partition coefficient (Wildman–Crippen LogP) is 6.22. The van der Waals surface area contributed by atoms with Crippen LogP contribution in [-0.4, -0.2) is 31.3 Å². The maximum absolute atomic E-state index is 13.2. The third-order valence-electron chi connectivity index (χ3n) is 7.54. The van der Waals surface area contributed by atoms with Crippen molar-refractivity contribution >= 4 is 5.78 Å². The highest BCUT2D eigenvalue weighted by Crippen LogP contribution is 2.48. The van der Waals surface area contributed by atoms with E-state index < -0.39 is 5.60 Å². The van der Waals surface area contributed by atoms with E-state index in [9.17, 15) is 9.90 Å². The van der Waals surface area contributed by atoms with Crippen LogP contribution in [0.15, 0.2) is 18.2 Å². The SMILES string of the molecule is Cc1ccc(CC(=O)C[C@@H](CC(C)(C)O)c2nnc(C3CC(CC(C)C)C3)n2C2CC2)c(C)c1. The molecular weight excluding hydrogens is 422 g/mol. The molecule has 2 saturated carbocycles. The maximum atomic E-state index is 13.2. The van der Waals surface area contributed by atoms with Crippen LogP contribution < -0.4 is 0 Å². The lowest BCUT2D eigenvalue weighted by atomic mass is 9.71. The van der Waals surface area contributed by atoms with Gasteiger partial charge in [-0.15, -0.1) is 10.2 Å². The molecule has 0 radical (unpaired) electrons. The van der Waals surface area contributed by atoms with Gasteiger partial charge in [-0.1, -0.05) is 37.6 Å². The molecule has 0 aliphatic heterocycles. The fraction of sp³-hybridized carbons (Fsp3) is 0.690. The summed E-state index contributed by atoms with van der Waals surface area (Å²) >= 11 is 0. The molecule has 5 heteroatoms. The second-order valence-electron chi connectivity index (χ2n) is 12.2. The van der Waals surface area contributed by atoms with E-state index in [2.05, 4.69) is 55.6 Å². The molecular formula is C29H43N3O2. The Morgan fingerprint density at radius 2 is 1.88 bits per heavy atom. The van der Waals surface area contributed by atoms with E-state index in [1.165, 1.54) is 24.8 Å². The lowest BCUT2D eigenvalue weighted by Crippen LogP contribution is -2.28. The second-order valence-corrected chi connectivity index (χ2v) is 12.2. The van der Waals surface area contributed by atoms with E-state index in [1.807, 2.05) is 13.8 Å². The molecule has 2 fully saturated rings. The number of ketones is 1. The second kappa shape index (κ2) is 9.93. The van der Waals surface area contributed by atoms with E-state index in [-0.39, 0.29) is 11.7 Å². The molecule has 1 heterocycles. The number of benzene rings is 1.